The summed E-state index contributed by atoms with van der Waals surface area (Å²) in [7, 11) is 0. The van der Waals surface area contributed by atoms with Crippen LogP contribution in [0.4, 0.5) is 5.69 Å². The molecule has 64 valence electrons. The van der Waals surface area contributed by atoms with E-state index < -0.39 is 0 Å². The van der Waals surface area contributed by atoms with E-state index in [0.717, 1.165) is 11.4 Å². The fraction of sp³-hybridized carbons (Fsp3) is 0.300. The third-order valence-electron chi connectivity index (χ3n) is 1.41. The Kier molecular flexibility index (Phi) is 3.33. The van der Waals surface area contributed by atoms with Crippen LogP contribution < -0.4 is 4.74 Å². The molecular weight excluding hydrogens is 150 g/mol. The lowest BCUT2D eigenvalue weighted by Crippen LogP contribution is -2.01. The molecular formula is C10H13NO. The van der Waals surface area contributed by atoms with Crippen molar-refractivity contribution in [3.8, 4) is 5.75 Å². The summed E-state index contributed by atoms with van der Waals surface area (Å²) in [5, 5.41) is 0. The highest BCUT2D eigenvalue weighted by Gasteiger charge is 2.02. The Morgan fingerprint density at radius 3 is 2.75 bits per heavy atom. The molecule has 1 aromatic rings. The van der Waals surface area contributed by atoms with Crippen molar-refractivity contribution in [3.63, 3.8) is 0 Å². The van der Waals surface area contributed by atoms with Crippen LogP contribution >= 0.6 is 0 Å². The fourth-order valence-corrected chi connectivity index (χ4v) is 0.949. The highest BCUT2D eigenvalue weighted by Crippen LogP contribution is 2.27. The second-order valence-electron chi connectivity index (χ2n) is 2.09. The Labute approximate surface area is 72.9 Å². The van der Waals surface area contributed by atoms with Crippen LogP contribution in [0.2, 0.25) is 0 Å². The lowest BCUT2D eigenvalue weighted by molar-refractivity contribution is 0.377. The highest BCUT2D eigenvalue weighted by atomic mass is 16.5. The van der Waals surface area contributed by atoms with Gasteiger partial charge in [-0.15, -0.1) is 0 Å². The van der Waals surface area contributed by atoms with Gasteiger partial charge in [0.05, 0.1) is 0 Å². The first kappa shape index (κ1) is 8.78. The molecule has 0 spiro atoms. The molecule has 2 rings (SSSR count). The van der Waals surface area contributed by atoms with Crippen molar-refractivity contribution in [2.75, 3.05) is 6.61 Å². The van der Waals surface area contributed by atoms with E-state index in [1.54, 1.807) is 6.21 Å². The van der Waals surface area contributed by atoms with Crippen molar-refractivity contribution in [1.82, 2.24) is 0 Å². The summed E-state index contributed by atoms with van der Waals surface area (Å²) in [6.07, 6.45) is 1.77. The third-order valence-corrected chi connectivity index (χ3v) is 1.41. The fourth-order valence-electron chi connectivity index (χ4n) is 0.949. The van der Waals surface area contributed by atoms with E-state index in [1.807, 2.05) is 38.1 Å². The maximum absolute atomic E-state index is 5.27. The Morgan fingerprint density at radius 2 is 2.00 bits per heavy atom. The lowest BCUT2D eigenvalue weighted by atomic mass is 10.3. The number of benzene rings is 1. The van der Waals surface area contributed by atoms with E-state index in [-0.39, 0.29) is 0 Å². The Hall–Kier alpha value is -1.31. The zero-order chi connectivity index (χ0) is 8.81. The van der Waals surface area contributed by atoms with E-state index in [0.29, 0.717) is 6.61 Å². The first-order chi connectivity index (χ1) is 5.97. The van der Waals surface area contributed by atoms with Gasteiger partial charge in [-0.3, -0.25) is 4.99 Å². The van der Waals surface area contributed by atoms with Crippen LogP contribution in [0.25, 0.3) is 0 Å². The third kappa shape index (κ3) is 1.84. The van der Waals surface area contributed by atoms with Crippen LogP contribution in [0.5, 0.6) is 5.75 Å². The molecule has 12 heavy (non-hydrogen) atoms. The van der Waals surface area contributed by atoms with Crippen molar-refractivity contribution in [1.29, 1.82) is 0 Å². The second-order valence-corrected chi connectivity index (χ2v) is 2.09. The van der Waals surface area contributed by atoms with E-state index in [4.69, 9.17) is 4.74 Å². The Bertz CT molecular complexity index is 268. The minimum absolute atomic E-state index is 0.594. The molecule has 0 atom stereocenters. The van der Waals surface area contributed by atoms with E-state index in [2.05, 4.69) is 4.99 Å². The number of aliphatic imine (C=N–C) groups is 1. The van der Waals surface area contributed by atoms with Crippen molar-refractivity contribution in [3.05, 3.63) is 24.3 Å². The first-order valence-corrected chi connectivity index (χ1v) is 4.21. The average Bonchev–Trinajstić information content (AvgIpc) is 2.21. The summed E-state index contributed by atoms with van der Waals surface area (Å²) in [6.45, 7) is 4.59. The van der Waals surface area contributed by atoms with Gasteiger partial charge >= 0.3 is 0 Å². The Morgan fingerprint density at radius 1 is 1.25 bits per heavy atom. The van der Waals surface area contributed by atoms with Gasteiger partial charge in [0, 0.05) is 6.21 Å². The summed E-state index contributed by atoms with van der Waals surface area (Å²) < 4.78 is 5.27. The molecule has 0 N–H and O–H groups in total. The molecule has 0 fully saturated rings. The van der Waals surface area contributed by atoms with Gasteiger partial charge < -0.3 is 4.74 Å². The van der Waals surface area contributed by atoms with Crippen molar-refractivity contribution < 1.29 is 4.74 Å². The number of rotatable bonds is 0. The van der Waals surface area contributed by atoms with Crippen LogP contribution in [0.15, 0.2) is 29.3 Å². The molecule has 0 radical (unpaired) electrons. The number of hydrogen-bond acceptors (Lipinski definition) is 2. The molecule has 2 nitrogen and oxygen atoms in total. The van der Waals surface area contributed by atoms with Gasteiger partial charge in [-0.1, -0.05) is 26.0 Å². The molecule has 0 aromatic heterocycles. The molecule has 0 amide bonds. The second kappa shape index (κ2) is 4.54. The summed E-state index contributed by atoms with van der Waals surface area (Å²) >= 11 is 0. The average molecular weight is 163 g/mol. The minimum Gasteiger partial charge on any atom is -0.486 e. The molecule has 0 saturated carbocycles. The number of para-hydroxylation sites is 2. The van der Waals surface area contributed by atoms with E-state index >= 15 is 0 Å². The van der Waals surface area contributed by atoms with Crippen LogP contribution in [0.1, 0.15) is 13.8 Å². The van der Waals surface area contributed by atoms with Crippen LogP contribution in [-0.4, -0.2) is 12.8 Å². The molecule has 0 aliphatic carbocycles. The molecule has 0 saturated heterocycles. The van der Waals surface area contributed by atoms with Crippen LogP contribution in [0, 0.1) is 0 Å². The number of nitrogens with zero attached hydrogens (tertiary/aromatic N) is 1. The summed E-state index contributed by atoms with van der Waals surface area (Å²) in [6, 6.07) is 7.75. The SMILES string of the molecule is C1=Nc2ccccc2OC1.CC. The monoisotopic (exact) mass is 163 g/mol. The predicted octanol–water partition coefficient (Wildman–Crippen LogP) is 2.81. The minimum atomic E-state index is 0.594. The predicted molar refractivity (Wildman–Crippen MR) is 51.4 cm³/mol. The van der Waals surface area contributed by atoms with Crippen LogP contribution in [-0.2, 0) is 0 Å². The largest absolute Gasteiger partial charge is 0.486 e. The Balaban J connectivity index is 0.000000336. The smallest absolute Gasteiger partial charge is 0.145 e. The lowest BCUT2D eigenvalue weighted by Gasteiger charge is -2.09. The van der Waals surface area contributed by atoms with E-state index in [9.17, 15) is 0 Å². The van der Waals surface area contributed by atoms with Gasteiger partial charge in [0.15, 0.2) is 0 Å². The van der Waals surface area contributed by atoms with Gasteiger partial charge in [-0.25, -0.2) is 0 Å². The molecule has 0 unspecified atom stereocenters. The summed E-state index contributed by atoms with van der Waals surface area (Å²) in [5.41, 5.74) is 0.925. The van der Waals surface area contributed by atoms with Gasteiger partial charge in [0.1, 0.15) is 18.0 Å². The van der Waals surface area contributed by atoms with Crippen LogP contribution in [0.3, 0.4) is 0 Å². The molecule has 0 bridgehead atoms. The maximum atomic E-state index is 5.27. The molecule has 1 aliphatic heterocycles. The zero-order valence-corrected chi connectivity index (χ0v) is 7.45. The summed E-state index contributed by atoms with van der Waals surface area (Å²) in [5.74, 6) is 0.880. The number of ether oxygens (including phenoxy) is 1. The summed E-state index contributed by atoms with van der Waals surface area (Å²) in [4.78, 5) is 4.14. The highest BCUT2D eigenvalue weighted by molar-refractivity contribution is 5.70. The standard InChI is InChI=1S/C8H7NO.C2H6/c1-2-4-8-7(3-1)9-5-6-10-8;1-2/h1-5H,6H2;1-2H3. The molecule has 1 aliphatic rings. The zero-order valence-electron chi connectivity index (χ0n) is 7.45. The van der Waals surface area contributed by atoms with E-state index in [1.165, 1.54) is 0 Å². The number of hydrogen-bond donors (Lipinski definition) is 0. The van der Waals surface area contributed by atoms with Gasteiger partial charge in [-0.05, 0) is 12.1 Å². The normalized spacial score (nSPS) is 12.2. The van der Waals surface area contributed by atoms with Gasteiger partial charge in [-0.2, -0.15) is 0 Å². The number of fused-ring (bicyclic) bond motifs is 1. The van der Waals surface area contributed by atoms with Gasteiger partial charge in [0.2, 0.25) is 0 Å². The van der Waals surface area contributed by atoms with Crippen molar-refractivity contribution >= 4 is 11.9 Å². The topological polar surface area (TPSA) is 21.6 Å². The van der Waals surface area contributed by atoms with Crippen molar-refractivity contribution in [2.45, 2.75) is 13.8 Å². The van der Waals surface area contributed by atoms with Gasteiger partial charge in [0.25, 0.3) is 0 Å². The maximum Gasteiger partial charge on any atom is 0.145 e. The quantitative estimate of drug-likeness (QED) is 0.576. The molecule has 2 heteroatoms. The molecule has 1 heterocycles. The first-order valence-electron chi connectivity index (χ1n) is 4.21. The molecule has 1 aromatic carbocycles. The van der Waals surface area contributed by atoms with Crippen molar-refractivity contribution in [2.24, 2.45) is 4.99 Å².